The molecule has 0 spiro atoms. The Hall–Kier alpha value is -1.67. The van der Waals surface area contributed by atoms with Gasteiger partial charge in [-0.2, -0.15) is 0 Å². The summed E-state index contributed by atoms with van der Waals surface area (Å²) in [6.07, 6.45) is 0.815. The summed E-state index contributed by atoms with van der Waals surface area (Å²) in [6, 6.07) is 3.84. The van der Waals surface area contributed by atoms with Crippen LogP contribution in [0.1, 0.15) is 70.3 Å². The molecule has 0 fully saturated rings. The number of aromatic hydroxyl groups is 1. The monoisotopic (exact) mass is 433 g/mol. The maximum absolute atomic E-state index is 12.8. The molecule has 1 unspecified atom stereocenters. The van der Waals surface area contributed by atoms with E-state index in [1.807, 2.05) is 26.0 Å². The van der Waals surface area contributed by atoms with E-state index in [2.05, 4.69) is 38.8 Å². The van der Waals surface area contributed by atoms with Crippen molar-refractivity contribution in [1.29, 1.82) is 0 Å². The Kier molecular flexibility index (Phi) is 6.48. The number of ether oxygens (including phenoxy) is 2. The molecule has 1 atom stereocenters. The van der Waals surface area contributed by atoms with Gasteiger partial charge >= 0.3 is 0 Å². The van der Waals surface area contributed by atoms with E-state index >= 15 is 0 Å². The van der Waals surface area contributed by atoms with Gasteiger partial charge in [0.1, 0.15) is 5.75 Å². The lowest BCUT2D eigenvalue weighted by molar-refractivity contribution is -0.142. The van der Waals surface area contributed by atoms with Crippen LogP contribution in [0.5, 0.6) is 5.75 Å². The van der Waals surface area contributed by atoms with Crippen molar-refractivity contribution >= 4 is 19.1 Å². The third-order valence-electron chi connectivity index (χ3n) is 6.40. The number of hydrogen-bond acceptors (Lipinski definition) is 5. The summed E-state index contributed by atoms with van der Waals surface area (Å²) in [5, 5.41) is 12.0. The van der Waals surface area contributed by atoms with Gasteiger partial charge in [0.05, 0.1) is 17.2 Å². The van der Waals surface area contributed by atoms with Crippen molar-refractivity contribution in [3.8, 4) is 5.75 Å². The molecule has 0 amide bonds. The summed E-state index contributed by atoms with van der Waals surface area (Å²) in [5.74, 6) is 0.0704. The number of aromatic amines is 1. The Morgan fingerprint density at radius 2 is 1.83 bits per heavy atom. The summed E-state index contributed by atoms with van der Waals surface area (Å²) in [7, 11) is -1.97. The van der Waals surface area contributed by atoms with E-state index < -0.39 is 14.6 Å². The molecule has 1 aromatic heterocycles. The minimum Gasteiger partial charge on any atom is -0.507 e. The first-order chi connectivity index (χ1) is 14.0. The number of benzene rings is 1. The summed E-state index contributed by atoms with van der Waals surface area (Å²) >= 11 is 0. The molecule has 1 heterocycles. The van der Waals surface area contributed by atoms with Crippen LogP contribution in [0.4, 0.5) is 0 Å². The van der Waals surface area contributed by atoms with Gasteiger partial charge < -0.3 is 24.0 Å². The van der Waals surface area contributed by atoms with Gasteiger partial charge in [-0.15, -0.1) is 0 Å². The minimum atomic E-state index is -1.97. The number of pyridine rings is 1. The predicted molar refractivity (Wildman–Crippen MR) is 122 cm³/mol. The fourth-order valence-electron chi connectivity index (χ4n) is 3.79. The standard InChI is InChI=1S/C23H35NO5Si/c1-8-27-22(28-9-2)17-13-14-12-16-15(20(25)19(14)21(26)24-17)10-11-18(16)29-30(6,7)23(3,4)5/h12-13,18,22,25H,8-11H2,1-7H3,(H,24,26). The van der Waals surface area contributed by atoms with E-state index in [0.29, 0.717) is 36.1 Å². The van der Waals surface area contributed by atoms with E-state index in [4.69, 9.17) is 13.9 Å². The zero-order chi connectivity index (χ0) is 22.3. The average molecular weight is 434 g/mol. The molecular weight excluding hydrogens is 398 g/mol. The molecule has 6 nitrogen and oxygen atoms in total. The van der Waals surface area contributed by atoms with Crippen LogP contribution in [0.2, 0.25) is 18.1 Å². The zero-order valence-corrected chi connectivity index (χ0v) is 20.2. The van der Waals surface area contributed by atoms with Gasteiger partial charge in [0.2, 0.25) is 0 Å². The quantitative estimate of drug-likeness (QED) is 0.456. The molecule has 1 aliphatic carbocycles. The van der Waals surface area contributed by atoms with E-state index in [0.717, 1.165) is 17.5 Å². The Morgan fingerprint density at radius 1 is 1.20 bits per heavy atom. The van der Waals surface area contributed by atoms with Gasteiger partial charge in [-0.1, -0.05) is 20.8 Å². The third kappa shape index (κ3) is 4.21. The lowest BCUT2D eigenvalue weighted by Gasteiger charge is -2.38. The van der Waals surface area contributed by atoms with E-state index in [-0.39, 0.29) is 22.5 Å². The maximum Gasteiger partial charge on any atom is 0.259 e. The van der Waals surface area contributed by atoms with Crippen molar-refractivity contribution in [3.63, 3.8) is 0 Å². The van der Waals surface area contributed by atoms with E-state index in [9.17, 15) is 9.90 Å². The van der Waals surface area contributed by atoms with Gasteiger partial charge in [0, 0.05) is 18.8 Å². The lowest BCUT2D eigenvalue weighted by atomic mass is 10.0. The molecule has 0 bridgehead atoms. The first-order valence-corrected chi connectivity index (χ1v) is 13.7. The summed E-state index contributed by atoms with van der Waals surface area (Å²) in [5.41, 5.74) is 2.04. The van der Waals surface area contributed by atoms with Crippen molar-refractivity contribution in [1.82, 2.24) is 4.98 Å². The molecule has 2 N–H and O–H groups in total. The molecule has 0 aliphatic heterocycles. The summed E-state index contributed by atoms with van der Waals surface area (Å²) in [4.78, 5) is 15.7. The number of aromatic nitrogens is 1. The molecule has 7 heteroatoms. The SMILES string of the molecule is CCOC(OCC)c1cc2cc3c(c(O)c2c(=O)[nH]1)CCC3O[Si](C)(C)C(C)(C)C. The average Bonchev–Trinajstić information content (AvgIpc) is 3.02. The fourth-order valence-corrected chi connectivity index (χ4v) is 5.10. The number of phenols is 1. The first-order valence-electron chi connectivity index (χ1n) is 10.8. The normalized spacial score (nSPS) is 17.1. The molecule has 3 rings (SSSR count). The van der Waals surface area contributed by atoms with Crippen molar-refractivity contribution in [2.45, 2.75) is 78.0 Å². The smallest absolute Gasteiger partial charge is 0.259 e. The van der Waals surface area contributed by atoms with Crippen molar-refractivity contribution in [3.05, 3.63) is 39.3 Å². The Morgan fingerprint density at radius 3 is 2.40 bits per heavy atom. The molecule has 0 saturated carbocycles. The van der Waals surface area contributed by atoms with Crippen LogP contribution in [-0.4, -0.2) is 31.6 Å². The second kappa shape index (κ2) is 8.46. The molecule has 2 aromatic rings. The molecule has 0 radical (unpaired) electrons. The van der Waals surface area contributed by atoms with E-state index in [1.165, 1.54) is 0 Å². The third-order valence-corrected chi connectivity index (χ3v) is 10.9. The second-order valence-electron chi connectivity index (χ2n) is 9.46. The summed E-state index contributed by atoms with van der Waals surface area (Å²) < 4.78 is 18.0. The first kappa shape index (κ1) is 23.0. The Labute approximate surface area is 179 Å². The minimum absolute atomic E-state index is 0.0616. The highest BCUT2D eigenvalue weighted by Gasteiger charge is 2.41. The molecule has 0 saturated heterocycles. The van der Waals surface area contributed by atoms with Crippen molar-refractivity contribution in [2.24, 2.45) is 0 Å². The largest absolute Gasteiger partial charge is 0.507 e. The van der Waals surface area contributed by atoms with Crippen LogP contribution in [0.3, 0.4) is 0 Å². The van der Waals surface area contributed by atoms with Gasteiger partial charge in [-0.05, 0) is 67.9 Å². The number of hydrogen-bond donors (Lipinski definition) is 2. The second-order valence-corrected chi connectivity index (χ2v) is 14.2. The number of H-pyrrole nitrogens is 1. The van der Waals surface area contributed by atoms with Gasteiger partial charge in [0.15, 0.2) is 14.6 Å². The van der Waals surface area contributed by atoms with Crippen molar-refractivity contribution in [2.75, 3.05) is 13.2 Å². The van der Waals surface area contributed by atoms with Gasteiger partial charge in [0.25, 0.3) is 5.56 Å². The molecule has 166 valence electrons. The van der Waals surface area contributed by atoms with Crippen LogP contribution < -0.4 is 5.56 Å². The number of phenolic OH excluding ortho intramolecular Hbond substituents is 1. The highest BCUT2D eigenvalue weighted by molar-refractivity contribution is 6.74. The predicted octanol–water partition coefficient (Wildman–Crippen LogP) is 5.31. The molecular formula is C23H35NO5Si. The van der Waals surface area contributed by atoms with Gasteiger partial charge in [-0.3, -0.25) is 4.79 Å². The van der Waals surface area contributed by atoms with Gasteiger partial charge in [-0.25, -0.2) is 0 Å². The zero-order valence-electron chi connectivity index (χ0n) is 19.2. The van der Waals surface area contributed by atoms with E-state index in [1.54, 1.807) is 0 Å². The maximum atomic E-state index is 12.8. The molecule has 30 heavy (non-hydrogen) atoms. The fraction of sp³-hybridized carbons (Fsp3) is 0.609. The van der Waals surface area contributed by atoms with Crippen LogP contribution >= 0.6 is 0 Å². The highest BCUT2D eigenvalue weighted by atomic mass is 28.4. The summed E-state index contributed by atoms with van der Waals surface area (Å²) in [6.45, 7) is 15.8. The van der Waals surface area contributed by atoms with Crippen molar-refractivity contribution < 1.29 is 19.0 Å². The van der Waals surface area contributed by atoms with Crippen LogP contribution in [0.25, 0.3) is 10.8 Å². The molecule has 1 aromatic carbocycles. The Balaban J connectivity index is 2.08. The highest BCUT2D eigenvalue weighted by Crippen LogP contribution is 2.46. The number of fused-ring (bicyclic) bond motifs is 2. The molecule has 1 aliphatic rings. The topological polar surface area (TPSA) is 80.8 Å². The van der Waals surface area contributed by atoms with Crippen LogP contribution in [0, 0.1) is 0 Å². The number of nitrogens with one attached hydrogen (secondary N) is 1. The lowest BCUT2D eigenvalue weighted by Crippen LogP contribution is -2.41. The van der Waals surface area contributed by atoms with Crippen LogP contribution in [0.15, 0.2) is 16.9 Å². The Bertz CT molecular complexity index is 970. The van der Waals surface area contributed by atoms with Crippen LogP contribution in [-0.2, 0) is 20.3 Å². The number of rotatable bonds is 7.